The number of nitrogens with one attached hydrogen (secondary N) is 1. The van der Waals surface area contributed by atoms with Gasteiger partial charge in [-0.15, -0.1) is 0 Å². The van der Waals surface area contributed by atoms with Crippen molar-refractivity contribution in [3.8, 4) is 11.5 Å². The minimum atomic E-state index is 0.233. The molecular formula is C9H8BrNO2. The van der Waals surface area contributed by atoms with Gasteiger partial charge in [-0.1, -0.05) is 0 Å². The van der Waals surface area contributed by atoms with Gasteiger partial charge in [0.25, 0.3) is 0 Å². The van der Waals surface area contributed by atoms with Crippen LogP contribution in [0.15, 0.2) is 22.8 Å². The van der Waals surface area contributed by atoms with E-state index >= 15 is 0 Å². The molecule has 2 N–H and O–H groups in total. The van der Waals surface area contributed by atoms with E-state index in [1.807, 2.05) is 0 Å². The van der Waals surface area contributed by atoms with E-state index in [1.54, 1.807) is 25.4 Å². The third kappa shape index (κ3) is 1.18. The summed E-state index contributed by atoms with van der Waals surface area (Å²) in [6, 6.07) is 3.53. The predicted molar refractivity (Wildman–Crippen MR) is 54.2 cm³/mol. The predicted octanol–water partition coefficient (Wildman–Crippen LogP) is 2.64. The molecule has 0 spiro atoms. The average molecular weight is 242 g/mol. The van der Waals surface area contributed by atoms with Crippen LogP contribution in [0.5, 0.6) is 11.5 Å². The van der Waals surface area contributed by atoms with Crippen LogP contribution in [0.25, 0.3) is 10.9 Å². The van der Waals surface area contributed by atoms with Crippen molar-refractivity contribution < 1.29 is 9.84 Å². The van der Waals surface area contributed by atoms with Crippen LogP contribution in [0.1, 0.15) is 0 Å². The average Bonchev–Trinajstić information content (AvgIpc) is 2.60. The fourth-order valence-corrected chi connectivity index (χ4v) is 1.74. The molecule has 68 valence electrons. The summed E-state index contributed by atoms with van der Waals surface area (Å²) >= 11 is 3.25. The molecule has 0 radical (unpaired) electrons. The van der Waals surface area contributed by atoms with Crippen molar-refractivity contribution in [3.63, 3.8) is 0 Å². The molecule has 1 aromatic heterocycles. The van der Waals surface area contributed by atoms with Gasteiger partial charge in [-0.25, -0.2) is 0 Å². The van der Waals surface area contributed by atoms with Gasteiger partial charge >= 0.3 is 0 Å². The van der Waals surface area contributed by atoms with Crippen molar-refractivity contribution in [2.45, 2.75) is 0 Å². The van der Waals surface area contributed by atoms with Gasteiger partial charge < -0.3 is 14.8 Å². The van der Waals surface area contributed by atoms with Crippen molar-refractivity contribution in [3.05, 3.63) is 22.8 Å². The fraction of sp³-hybridized carbons (Fsp3) is 0.111. The number of phenols is 1. The zero-order chi connectivity index (χ0) is 9.42. The van der Waals surface area contributed by atoms with E-state index in [2.05, 4.69) is 20.9 Å². The van der Waals surface area contributed by atoms with Gasteiger partial charge in [0.15, 0.2) is 0 Å². The smallest absolute Gasteiger partial charge is 0.144 e. The Balaban J connectivity index is 2.87. The number of phenolic OH excluding ortho intramolecular Hbond substituents is 1. The van der Waals surface area contributed by atoms with Crippen molar-refractivity contribution in [2.24, 2.45) is 0 Å². The van der Waals surface area contributed by atoms with Crippen molar-refractivity contribution in [1.29, 1.82) is 0 Å². The van der Waals surface area contributed by atoms with Crippen LogP contribution in [0.3, 0.4) is 0 Å². The summed E-state index contributed by atoms with van der Waals surface area (Å²) in [4.78, 5) is 3.00. The number of rotatable bonds is 1. The van der Waals surface area contributed by atoms with Gasteiger partial charge in [-0.05, 0) is 22.0 Å². The third-order valence-electron chi connectivity index (χ3n) is 1.95. The summed E-state index contributed by atoms with van der Waals surface area (Å²) in [5.41, 5.74) is 0.809. The van der Waals surface area contributed by atoms with Gasteiger partial charge in [0.05, 0.1) is 17.1 Å². The van der Waals surface area contributed by atoms with Gasteiger partial charge in [-0.2, -0.15) is 0 Å². The first-order valence-electron chi connectivity index (χ1n) is 3.76. The molecular weight excluding hydrogens is 234 g/mol. The first-order valence-corrected chi connectivity index (χ1v) is 4.56. The lowest BCUT2D eigenvalue weighted by Crippen LogP contribution is -1.84. The number of hydrogen-bond donors (Lipinski definition) is 2. The number of aromatic hydroxyl groups is 1. The molecule has 0 aliphatic rings. The van der Waals surface area contributed by atoms with E-state index in [1.165, 1.54) is 0 Å². The molecule has 4 heteroatoms. The van der Waals surface area contributed by atoms with E-state index in [4.69, 9.17) is 4.74 Å². The lowest BCUT2D eigenvalue weighted by molar-refractivity contribution is 0.417. The van der Waals surface area contributed by atoms with E-state index in [-0.39, 0.29) is 5.75 Å². The standard InChI is InChI=1S/C9H8BrNO2/c1-13-7-4-6(10)9(12)5-2-3-11-8(5)7/h2-4,11-12H,1H3. The van der Waals surface area contributed by atoms with Crippen molar-refractivity contribution in [1.82, 2.24) is 4.98 Å². The summed E-state index contributed by atoms with van der Waals surface area (Å²) in [6.07, 6.45) is 1.76. The van der Waals surface area contributed by atoms with Crippen LogP contribution < -0.4 is 4.74 Å². The first kappa shape index (κ1) is 8.44. The number of ether oxygens (including phenoxy) is 1. The van der Waals surface area contributed by atoms with Crippen molar-refractivity contribution in [2.75, 3.05) is 7.11 Å². The topological polar surface area (TPSA) is 45.2 Å². The molecule has 13 heavy (non-hydrogen) atoms. The van der Waals surface area contributed by atoms with Crippen LogP contribution in [0.4, 0.5) is 0 Å². The highest BCUT2D eigenvalue weighted by Gasteiger charge is 2.10. The summed E-state index contributed by atoms with van der Waals surface area (Å²) in [5.74, 6) is 0.946. The Kier molecular flexibility index (Phi) is 1.92. The van der Waals surface area contributed by atoms with Crippen LogP contribution >= 0.6 is 15.9 Å². The monoisotopic (exact) mass is 241 g/mol. The Morgan fingerprint density at radius 3 is 3.00 bits per heavy atom. The summed E-state index contributed by atoms with van der Waals surface area (Å²) < 4.78 is 5.78. The molecule has 0 aliphatic carbocycles. The highest BCUT2D eigenvalue weighted by molar-refractivity contribution is 9.10. The Morgan fingerprint density at radius 1 is 1.54 bits per heavy atom. The molecule has 1 heterocycles. The van der Waals surface area contributed by atoms with Crippen LogP contribution in [0.2, 0.25) is 0 Å². The Bertz CT molecular complexity index is 450. The number of benzene rings is 1. The maximum Gasteiger partial charge on any atom is 0.144 e. The normalized spacial score (nSPS) is 10.6. The third-order valence-corrected chi connectivity index (χ3v) is 2.56. The fourth-order valence-electron chi connectivity index (χ4n) is 1.32. The van der Waals surface area contributed by atoms with Crippen molar-refractivity contribution >= 4 is 26.8 Å². The number of aromatic nitrogens is 1. The van der Waals surface area contributed by atoms with E-state index in [9.17, 15) is 5.11 Å². The van der Waals surface area contributed by atoms with E-state index in [0.29, 0.717) is 10.2 Å². The minimum Gasteiger partial charge on any atom is -0.506 e. The highest BCUT2D eigenvalue weighted by Crippen LogP contribution is 2.37. The van der Waals surface area contributed by atoms with E-state index < -0.39 is 0 Å². The molecule has 0 saturated carbocycles. The largest absolute Gasteiger partial charge is 0.506 e. The lowest BCUT2D eigenvalue weighted by Gasteiger charge is -2.04. The molecule has 0 aliphatic heterocycles. The van der Waals surface area contributed by atoms with Crippen LogP contribution in [-0.4, -0.2) is 17.2 Å². The van der Waals surface area contributed by atoms with Crippen LogP contribution in [-0.2, 0) is 0 Å². The second kappa shape index (κ2) is 2.96. The quantitative estimate of drug-likeness (QED) is 0.807. The molecule has 0 saturated heterocycles. The SMILES string of the molecule is COc1cc(Br)c(O)c2cc[nH]c12. The number of methoxy groups -OCH3 is 1. The zero-order valence-corrected chi connectivity index (χ0v) is 8.55. The second-order valence-corrected chi connectivity index (χ2v) is 3.53. The number of aromatic amines is 1. The number of hydrogen-bond acceptors (Lipinski definition) is 2. The zero-order valence-electron chi connectivity index (χ0n) is 6.97. The van der Waals surface area contributed by atoms with Gasteiger partial charge in [-0.3, -0.25) is 0 Å². The maximum absolute atomic E-state index is 9.64. The van der Waals surface area contributed by atoms with Crippen LogP contribution in [0, 0.1) is 0 Å². The number of H-pyrrole nitrogens is 1. The summed E-state index contributed by atoms with van der Waals surface area (Å²) in [5, 5.41) is 10.4. The summed E-state index contributed by atoms with van der Waals surface area (Å²) in [7, 11) is 1.60. The molecule has 0 bridgehead atoms. The van der Waals surface area contributed by atoms with Gasteiger partial charge in [0, 0.05) is 17.6 Å². The van der Waals surface area contributed by atoms with Gasteiger partial charge in [0.2, 0.25) is 0 Å². The summed E-state index contributed by atoms with van der Waals surface area (Å²) in [6.45, 7) is 0. The number of fused-ring (bicyclic) bond motifs is 1. The maximum atomic E-state index is 9.64. The lowest BCUT2D eigenvalue weighted by atomic mass is 10.2. The molecule has 2 aromatic rings. The highest BCUT2D eigenvalue weighted by atomic mass is 79.9. The minimum absolute atomic E-state index is 0.233. The Hall–Kier alpha value is -1.16. The Labute approximate surface area is 83.5 Å². The molecule has 3 nitrogen and oxygen atoms in total. The number of halogens is 1. The molecule has 0 amide bonds. The Morgan fingerprint density at radius 2 is 2.31 bits per heavy atom. The van der Waals surface area contributed by atoms with Gasteiger partial charge in [0.1, 0.15) is 11.5 Å². The first-order chi connectivity index (χ1) is 6.24. The second-order valence-electron chi connectivity index (χ2n) is 2.68. The molecule has 1 aromatic carbocycles. The molecule has 0 unspecified atom stereocenters. The van der Waals surface area contributed by atoms with E-state index in [0.717, 1.165) is 10.9 Å². The molecule has 0 fully saturated rings. The molecule has 0 atom stereocenters. The molecule has 2 rings (SSSR count).